The summed E-state index contributed by atoms with van der Waals surface area (Å²) in [6.07, 6.45) is 18.5. The Labute approximate surface area is 191 Å². The molecule has 0 aromatic heterocycles. The van der Waals surface area contributed by atoms with Crippen LogP contribution in [0, 0.1) is 25.7 Å². The Balaban J connectivity index is 1.61. The normalized spacial score (nSPS) is 22.3. The van der Waals surface area contributed by atoms with Crippen LogP contribution in [0.2, 0.25) is 0 Å². The second-order valence-corrected chi connectivity index (χ2v) is 10.3. The molecule has 0 saturated heterocycles. The maximum atomic E-state index is 13.4. The van der Waals surface area contributed by atoms with Crippen molar-refractivity contribution in [2.75, 3.05) is 11.9 Å². The minimum Gasteiger partial charge on any atom is -0.322 e. The van der Waals surface area contributed by atoms with E-state index in [2.05, 4.69) is 49.2 Å². The van der Waals surface area contributed by atoms with E-state index in [-0.39, 0.29) is 6.03 Å². The molecule has 2 amide bonds. The molecule has 174 valence electrons. The zero-order valence-corrected chi connectivity index (χ0v) is 20.4. The van der Waals surface area contributed by atoms with Gasteiger partial charge in [-0.05, 0) is 68.9 Å². The summed E-state index contributed by atoms with van der Waals surface area (Å²) in [5, 5.41) is 3.29. The Morgan fingerprint density at radius 1 is 0.871 bits per heavy atom. The molecule has 2 aliphatic rings. The summed E-state index contributed by atoms with van der Waals surface area (Å²) in [6.45, 7) is 7.34. The zero-order valence-electron chi connectivity index (χ0n) is 20.4. The molecule has 3 rings (SSSR count). The van der Waals surface area contributed by atoms with Crippen molar-refractivity contribution in [2.24, 2.45) is 11.8 Å². The Bertz CT molecular complexity index is 651. The molecule has 0 spiro atoms. The highest BCUT2D eigenvalue weighted by Crippen LogP contribution is 2.39. The van der Waals surface area contributed by atoms with Gasteiger partial charge in [-0.3, -0.25) is 0 Å². The molecule has 2 fully saturated rings. The van der Waals surface area contributed by atoms with Crippen molar-refractivity contribution in [3.05, 3.63) is 29.3 Å². The minimum atomic E-state index is 0.119. The molecule has 1 N–H and O–H groups in total. The van der Waals surface area contributed by atoms with E-state index in [1.807, 2.05) is 0 Å². The molecule has 0 aliphatic heterocycles. The summed E-state index contributed by atoms with van der Waals surface area (Å²) in [7, 11) is 0. The summed E-state index contributed by atoms with van der Waals surface area (Å²) in [5.74, 6) is 1.87. The maximum Gasteiger partial charge on any atom is 0.322 e. The van der Waals surface area contributed by atoms with E-state index in [1.165, 1.54) is 83.5 Å². The van der Waals surface area contributed by atoms with Gasteiger partial charge < -0.3 is 10.2 Å². The highest BCUT2D eigenvalue weighted by Gasteiger charge is 2.32. The van der Waals surface area contributed by atoms with Crippen LogP contribution in [0.5, 0.6) is 0 Å². The summed E-state index contributed by atoms with van der Waals surface area (Å²) in [4.78, 5) is 15.6. The van der Waals surface area contributed by atoms with Gasteiger partial charge in [0.25, 0.3) is 0 Å². The van der Waals surface area contributed by atoms with Crippen LogP contribution in [0.4, 0.5) is 10.5 Å². The average Bonchev–Trinajstić information content (AvgIpc) is 2.79. The second kappa shape index (κ2) is 12.5. The molecule has 0 unspecified atom stereocenters. The number of nitrogens with one attached hydrogen (secondary N) is 1. The Morgan fingerprint density at radius 3 is 2.13 bits per heavy atom. The lowest BCUT2D eigenvalue weighted by Crippen LogP contribution is -2.45. The zero-order chi connectivity index (χ0) is 22.1. The molecular weight excluding hydrogens is 380 g/mol. The van der Waals surface area contributed by atoms with Crippen LogP contribution in [0.1, 0.15) is 108 Å². The molecule has 1 aromatic carbocycles. The summed E-state index contributed by atoms with van der Waals surface area (Å²) in [5.41, 5.74) is 3.30. The van der Waals surface area contributed by atoms with E-state index in [0.717, 1.165) is 41.6 Å². The number of carbonyl (C=O) groups is 1. The summed E-state index contributed by atoms with van der Waals surface area (Å²) in [6, 6.07) is 6.78. The molecule has 2 aliphatic carbocycles. The van der Waals surface area contributed by atoms with Gasteiger partial charge >= 0.3 is 6.03 Å². The number of hydrogen-bond donors (Lipinski definition) is 1. The number of anilines is 1. The van der Waals surface area contributed by atoms with Gasteiger partial charge in [-0.25, -0.2) is 4.79 Å². The monoisotopic (exact) mass is 426 g/mol. The minimum absolute atomic E-state index is 0.119. The number of carbonyl (C=O) groups excluding carboxylic acids is 1. The third-order valence-electron chi connectivity index (χ3n) is 7.98. The first-order valence-corrected chi connectivity index (χ1v) is 13.2. The number of hydrogen-bond acceptors (Lipinski definition) is 1. The van der Waals surface area contributed by atoms with Crippen LogP contribution in [-0.2, 0) is 0 Å². The highest BCUT2D eigenvalue weighted by atomic mass is 16.2. The van der Waals surface area contributed by atoms with Crippen molar-refractivity contribution >= 4 is 11.7 Å². The predicted molar refractivity (Wildman–Crippen MR) is 133 cm³/mol. The largest absolute Gasteiger partial charge is 0.322 e. The molecule has 0 heterocycles. The van der Waals surface area contributed by atoms with E-state index in [0.29, 0.717) is 6.04 Å². The third-order valence-corrected chi connectivity index (χ3v) is 7.98. The van der Waals surface area contributed by atoms with E-state index >= 15 is 0 Å². The van der Waals surface area contributed by atoms with Crippen molar-refractivity contribution < 1.29 is 4.79 Å². The molecule has 31 heavy (non-hydrogen) atoms. The molecule has 0 bridgehead atoms. The van der Waals surface area contributed by atoms with Crippen LogP contribution in [0.25, 0.3) is 0 Å². The topological polar surface area (TPSA) is 32.3 Å². The highest BCUT2D eigenvalue weighted by molar-refractivity contribution is 5.91. The fourth-order valence-corrected chi connectivity index (χ4v) is 6.02. The third kappa shape index (κ3) is 6.99. The number of urea groups is 1. The summed E-state index contributed by atoms with van der Waals surface area (Å²) < 4.78 is 0. The van der Waals surface area contributed by atoms with Crippen molar-refractivity contribution in [3.8, 4) is 0 Å². The van der Waals surface area contributed by atoms with Gasteiger partial charge in [0.15, 0.2) is 0 Å². The first kappa shape index (κ1) is 24.1. The van der Waals surface area contributed by atoms with Crippen molar-refractivity contribution in [2.45, 2.75) is 117 Å². The van der Waals surface area contributed by atoms with Gasteiger partial charge in [0.05, 0.1) is 0 Å². The van der Waals surface area contributed by atoms with E-state index < -0.39 is 0 Å². The summed E-state index contributed by atoms with van der Waals surface area (Å²) >= 11 is 0. The van der Waals surface area contributed by atoms with Crippen LogP contribution < -0.4 is 5.32 Å². The Morgan fingerprint density at radius 2 is 1.48 bits per heavy atom. The molecule has 0 radical (unpaired) electrons. The number of nitrogens with zero attached hydrogens (tertiary/aromatic N) is 1. The second-order valence-electron chi connectivity index (χ2n) is 10.3. The molecule has 1 aromatic rings. The fraction of sp³-hybridized carbons (Fsp3) is 0.750. The smallest absolute Gasteiger partial charge is 0.322 e. The Hall–Kier alpha value is -1.51. The average molecular weight is 427 g/mol. The maximum absolute atomic E-state index is 13.4. The van der Waals surface area contributed by atoms with Gasteiger partial charge in [0.2, 0.25) is 0 Å². The number of para-hydroxylation sites is 1. The number of rotatable bonds is 9. The molecule has 2 saturated carbocycles. The lowest BCUT2D eigenvalue weighted by Gasteiger charge is -2.40. The van der Waals surface area contributed by atoms with Crippen molar-refractivity contribution in [3.63, 3.8) is 0 Å². The predicted octanol–water partition coefficient (Wildman–Crippen LogP) is 8.25. The first-order valence-electron chi connectivity index (χ1n) is 13.2. The Kier molecular flexibility index (Phi) is 9.74. The van der Waals surface area contributed by atoms with Crippen LogP contribution in [0.15, 0.2) is 18.2 Å². The van der Waals surface area contributed by atoms with Gasteiger partial charge in [0.1, 0.15) is 0 Å². The molecule has 3 nitrogen and oxygen atoms in total. The van der Waals surface area contributed by atoms with Gasteiger partial charge in [0, 0.05) is 18.3 Å². The van der Waals surface area contributed by atoms with Crippen LogP contribution in [0.3, 0.4) is 0 Å². The van der Waals surface area contributed by atoms with Crippen LogP contribution >= 0.6 is 0 Å². The van der Waals surface area contributed by atoms with Gasteiger partial charge in [-0.15, -0.1) is 0 Å². The van der Waals surface area contributed by atoms with Gasteiger partial charge in [-0.1, -0.05) is 82.9 Å². The number of amides is 2. The molecule has 3 heteroatoms. The van der Waals surface area contributed by atoms with Crippen molar-refractivity contribution in [1.29, 1.82) is 0 Å². The van der Waals surface area contributed by atoms with E-state index in [9.17, 15) is 4.79 Å². The number of unbranched alkanes of at least 4 members (excludes halogenated alkanes) is 4. The quantitative estimate of drug-likeness (QED) is 0.396. The lowest BCUT2D eigenvalue weighted by molar-refractivity contribution is 0.122. The molecule has 0 atom stereocenters. The number of benzene rings is 1. The SMILES string of the molecule is CCCCCCCN(C(=O)Nc1c(C)cccc1C)C1CCC(C2CCCCC2)CC1. The van der Waals surface area contributed by atoms with Gasteiger partial charge in [-0.2, -0.15) is 0 Å². The van der Waals surface area contributed by atoms with E-state index in [1.54, 1.807) is 0 Å². The lowest BCUT2D eigenvalue weighted by atomic mass is 9.72. The van der Waals surface area contributed by atoms with Crippen molar-refractivity contribution in [1.82, 2.24) is 4.90 Å². The standard InChI is InChI=1S/C28H46N2O/c1-4-5-6-7-11-21-30(28(31)29-27-22(2)13-12-14-23(27)3)26-19-17-25(18-20-26)24-15-9-8-10-16-24/h12-14,24-26H,4-11,15-21H2,1-3H3,(H,29,31). The molecular formula is C28H46N2O. The fourth-order valence-electron chi connectivity index (χ4n) is 6.02. The first-order chi connectivity index (χ1) is 15.1. The van der Waals surface area contributed by atoms with Crippen LogP contribution in [-0.4, -0.2) is 23.5 Å². The van der Waals surface area contributed by atoms with E-state index in [4.69, 9.17) is 0 Å². The number of aryl methyl sites for hydroxylation is 2.